The molecule has 0 spiro atoms. The van der Waals surface area contributed by atoms with Crippen molar-refractivity contribution in [2.75, 3.05) is 39.8 Å². The number of hydrogen-bond donors (Lipinski definition) is 1. The molecular formula is C24H36N6O2. The first-order valence-electron chi connectivity index (χ1n) is 11.8. The highest BCUT2D eigenvalue weighted by atomic mass is 16.2. The lowest BCUT2D eigenvalue weighted by atomic mass is 10.0. The van der Waals surface area contributed by atoms with Gasteiger partial charge in [-0.2, -0.15) is 0 Å². The summed E-state index contributed by atoms with van der Waals surface area (Å²) in [5.41, 5.74) is 3.57. The van der Waals surface area contributed by atoms with Gasteiger partial charge in [-0.1, -0.05) is 43.5 Å². The number of carbonyl (C=O) groups excluding carboxylic acids is 2. The number of fused-ring (bicyclic) bond motifs is 1. The van der Waals surface area contributed by atoms with E-state index in [1.54, 1.807) is 11.9 Å². The van der Waals surface area contributed by atoms with Crippen LogP contribution >= 0.6 is 0 Å². The van der Waals surface area contributed by atoms with Crippen molar-refractivity contribution in [1.82, 2.24) is 24.9 Å². The Kier molecular flexibility index (Phi) is 6.69. The predicted molar refractivity (Wildman–Crippen MR) is 125 cm³/mol. The zero-order chi connectivity index (χ0) is 22.8. The van der Waals surface area contributed by atoms with Crippen LogP contribution in [0.15, 0.2) is 23.2 Å². The van der Waals surface area contributed by atoms with E-state index in [0.717, 1.165) is 38.7 Å². The van der Waals surface area contributed by atoms with Crippen molar-refractivity contribution in [3.63, 3.8) is 0 Å². The first-order chi connectivity index (χ1) is 15.4. The molecule has 3 amide bonds. The normalized spacial score (nSPS) is 24.0. The lowest BCUT2D eigenvalue weighted by molar-refractivity contribution is -0.127. The quantitative estimate of drug-likeness (QED) is 0.687. The van der Waals surface area contributed by atoms with Gasteiger partial charge in [0.25, 0.3) is 5.91 Å². The molecule has 2 unspecified atom stereocenters. The number of hydrogen-bond acceptors (Lipinski definition) is 6. The van der Waals surface area contributed by atoms with E-state index in [4.69, 9.17) is 4.99 Å². The Hall–Kier alpha value is -2.61. The highest BCUT2D eigenvalue weighted by Gasteiger charge is 2.49. The van der Waals surface area contributed by atoms with E-state index in [1.165, 1.54) is 36.0 Å². The van der Waals surface area contributed by atoms with Gasteiger partial charge in [0.2, 0.25) is 0 Å². The van der Waals surface area contributed by atoms with Crippen molar-refractivity contribution in [3.05, 3.63) is 34.9 Å². The van der Waals surface area contributed by atoms with Crippen molar-refractivity contribution in [1.29, 1.82) is 0 Å². The van der Waals surface area contributed by atoms with E-state index in [-0.39, 0.29) is 11.9 Å². The number of imide groups is 1. The number of aryl methyl sites for hydroxylation is 2. The van der Waals surface area contributed by atoms with Gasteiger partial charge in [0.05, 0.1) is 0 Å². The molecule has 3 aliphatic rings. The summed E-state index contributed by atoms with van der Waals surface area (Å²) < 4.78 is 0. The van der Waals surface area contributed by atoms with Crippen LogP contribution in [0.5, 0.6) is 0 Å². The van der Waals surface area contributed by atoms with Crippen molar-refractivity contribution in [2.24, 2.45) is 4.99 Å². The Morgan fingerprint density at radius 1 is 1.09 bits per heavy atom. The van der Waals surface area contributed by atoms with E-state index < -0.39 is 12.2 Å². The van der Waals surface area contributed by atoms with Gasteiger partial charge in [-0.25, -0.2) is 9.79 Å². The fourth-order valence-electron chi connectivity index (χ4n) is 4.85. The Balaban J connectivity index is 1.56. The van der Waals surface area contributed by atoms with Crippen LogP contribution in [-0.4, -0.2) is 89.5 Å². The lowest BCUT2D eigenvalue weighted by Crippen LogP contribution is -2.64. The molecule has 2 atom stereocenters. The van der Waals surface area contributed by atoms with Gasteiger partial charge in [-0.3, -0.25) is 15.0 Å². The first-order valence-corrected chi connectivity index (χ1v) is 11.8. The van der Waals surface area contributed by atoms with Gasteiger partial charge in [0.1, 0.15) is 0 Å². The third kappa shape index (κ3) is 4.46. The largest absolute Gasteiger partial charge is 0.340 e. The van der Waals surface area contributed by atoms with Gasteiger partial charge in [0.15, 0.2) is 18.2 Å². The molecule has 3 aliphatic heterocycles. The number of guanidine groups is 1. The number of unbranched alkanes of at least 4 members (excludes halogenated alkanes) is 2. The minimum Gasteiger partial charge on any atom is -0.340 e. The Labute approximate surface area is 191 Å². The first kappa shape index (κ1) is 22.6. The summed E-state index contributed by atoms with van der Waals surface area (Å²) in [7, 11) is 1.72. The fraction of sp³-hybridized carbons (Fsp3) is 0.625. The molecule has 1 aromatic rings. The fourth-order valence-corrected chi connectivity index (χ4v) is 4.85. The molecule has 0 radical (unpaired) electrons. The second-order valence-corrected chi connectivity index (χ2v) is 9.29. The monoisotopic (exact) mass is 440 g/mol. The van der Waals surface area contributed by atoms with Crippen LogP contribution in [0.2, 0.25) is 0 Å². The average Bonchev–Trinajstić information content (AvgIpc) is 3.15. The van der Waals surface area contributed by atoms with Crippen LogP contribution in [-0.2, 0) is 11.3 Å². The number of rotatable bonds is 6. The third-order valence-electron chi connectivity index (χ3n) is 6.92. The van der Waals surface area contributed by atoms with Crippen LogP contribution in [0.1, 0.15) is 42.9 Å². The number of amides is 3. The Morgan fingerprint density at radius 2 is 1.84 bits per heavy atom. The van der Waals surface area contributed by atoms with Crippen molar-refractivity contribution >= 4 is 17.9 Å². The van der Waals surface area contributed by atoms with Gasteiger partial charge < -0.3 is 14.7 Å². The molecule has 0 saturated carbocycles. The zero-order valence-corrected chi connectivity index (χ0v) is 19.8. The highest BCUT2D eigenvalue weighted by Crippen LogP contribution is 2.28. The van der Waals surface area contributed by atoms with Crippen LogP contribution in [0.3, 0.4) is 0 Å². The maximum atomic E-state index is 12.9. The number of aliphatic imine (C=N–C) groups is 1. The SMILES string of the molecule is CCCCCN1CCN(C2=NC3C(C(=O)NC(=O)N3C)N2Cc2cc(C)ccc2C)CC1. The molecule has 174 valence electrons. The highest BCUT2D eigenvalue weighted by molar-refractivity contribution is 6.03. The molecule has 32 heavy (non-hydrogen) atoms. The molecule has 0 aliphatic carbocycles. The number of likely N-dealkylation sites (N-methyl/N-ethyl adjacent to an activating group) is 1. The summed E-state index contributed by atoms with van der Waals surface area (Å²) in [5.74, 6) is 0.575. The number of benzene rings is 1. The minimum atomic E-state index is -0.504. The minimum absolute atomic E-state index is 0.264. The number of piperazine rings is 1. The summed E-state index contributed by atoms with van der Waals surface area (Å²) >= 11 is 0. The van der Waals surface area contributed by atoms with E-state index in [9.17, 15) is 9.59 Å². The van der Waals surface area contributed by atoms with E-state index in [1.807, 2.05) is 0 Å². The average molecular weight is 441 g/mol. The van der Waals surface area contributed by atoms with Crippen LogP contribution < -0.4 is 5.32 Å². The molecule has 3 heterocycles. The maximum Gasteiger partial charge on any atom is 0.325 e. The predicted octanol–water partition coefficient (Wildman–Crippen LogP) is 2.16. The van der Waals surface area contributed by atoms with Crippen molar-refractivity contribution < 1.29 is 9.59 Å². The second kappa shape index (κ2) is 9.48. The molecule has 2 fully saturated rings. The summed E-state index contributed by atoms with van der Waals surface area (Å²) in [6, 6.07) is 5.53. The van der Waals surface area contributed by atoms with Gasteiger partial charge in [0, 0.05) is 39.8 Å². The summed E-state index contributed by atoms with van der Waals surface area (Å²) in [5, 5.41) is 2.51. The summed E-state index contributed by atoms with van der Waals surface area (Å²) in [4.78, 5) is 38.6. The van der Waals surface area contributed by atoms with E-state index in [0.29, 0.717) is 6.54 Å². The summed E-state index contributed by atoms with van der Waals surface area (Å²) in [6.45, 7) is 11.9. The molecule has 4 rings (SSSR count). The maximum absolute atomic E-state index is 12.9. The van der Waals surface area contributed by atoms with E-state index >= 15 is 0 Å². The molecule has 8 heteroatoms. The molecule has 0 bridgehead atoms. The molecule has 2 saturated heterocycles. The molecule has 0 aromatic heterocycles. The Morgan fingerprint density at radius 3 is 2.56 bits per heavy atom. The number of urea groups is 1. The summed E-state index contributed by atoms with van der Waals surface area (Å²) in [6.07, 6.45) is 3.27. The molecule has 1 aromatic carbocycles. The topological polar surface area (TPSA) is 71.5 Å². The van der Waals surface area contributed by atoms with Gasteiger partial charge >= 0.3 is 6.03 Å². The lowest BCUT2D eigenvalue weighted by Gasteiger charge is -2.40. The smallest absolute Gasteiger partial charge is 0.325 e. The van der Waals surface area contributed by atoms with Crippen LogP contribution in [0.25, 0.3) is 0 Å². The standard InChI is InChI=1S/C24H36N6O2/c1-5-6-7-10-28-11-13-29(14-12-28)23-25-21-20(22(31)26-24(32)27(21)4)30(23)16-19-15-17(2)8-9-18(19)3/h8-9,15,20-21H,5-7,10-14,16H2,1-4H3,(H,26,31,32). The third-order valence-corrected chi connectivity index (χ3v) is 6.92. The van der Waals surface area contributed by atoms with Crippen molar-refractivity contribution in [3.8, 4) is 0 Å². The number of nitrogens with zero attached hydrogens (tertiary/aromatic N) is 5. The van der Waals surface area contributed by atoms with Gasteiger partial charge in [-0.05, 0) is 37.9 Å². The number of nitrogens with one attached hydrogen (secondary N) is 1. The van der Waals surface area contributed by atoms with Crippen LogP contribution in [0.4, 0.5) is 4.79 Å². The van der Waals surface area contributed by atoms with Crippen LogP contribution in [0, 0.1) is 13.8 Å². The van der Waals surface area contributed by atoms with Gasteiger partial charge in [-0.15, -0.1) is 0 Å². The molecule has 8 nitrogen and oxygen atoms in total. The second-order valence-electron chi connectivity index (χ2n) is 9.29. The molecule has 1 N–H and O–H groups in total. The van der Waals surface area contributed by atoms with Crippen molar-refractivity contribution in [2.45, 2.75) is 58.8 Å². The molecular weight excluding hydrogens is 404 g/mol. The number of carbonyl (C=O) groups is 2. The Bertz CT molecular complexity index is 892. The zero-order valence-electron chi connectivity index (χ0n) is 19.8. The van der Waals surface area contributed by atoms with E-state index in [2.05, 4.69) is 59.0 Å².